The minimum absolute atomic E-state index is 0.0927. The molecule has 0 saturated carbocycles. The Morgan fingerprint density at radius 1 is 1.64 bits per heavy atom. The molecule has 1 rings (SSSR count). The van der Waals surface area contributed by atoms with Gasteiger partial charge < -0.3 is 14.2 Å². The first-order valence-electron chi connectivity index (χ1n) is 2.92. The molecule has 0 aromatic carbocycles. The van der Waals surface area contributed by atoms with Crippen molar-refractivity contribution in [3.8, 4) is 0 Å². The van der Waals surface area contributed by atoms with Crippen molar-refractivity contribution in [2.24, 2.45) is 0 Å². The van der Waals surface area contributed by atoms with E-state index >= 15 is 0 Å². The van der Waals surface area contributed by atoms with Crippen LogP contribution in [0.2, 0.25) is 0 Å². The number of hydrogen-bond donors (Lipinski definition) is 0. The third kappa shape index (κ3) is 2.29. The summed E-state index contributed by atoms with van der Waals surface area (Å²) < 4.78 is 13.3. The van der Waals surface area contributed by atoms with Crippen LogP contribution in [0.5, 0.6) is 0 Å². The molecule has 0 amide bonds. The van der Waals surface area contributed by atoms with Crippen LogP contribution in [0.3, 0.4) is 0 Å². The normalized spacial score (nSPS) is 19.3. The predicted octanol–water partition coefficient (Wildman–Crippen LogP) is 0.210. The summed E-state index contributed by atoms with van der Waals surface area (Å²) in [5.41, 5.74) is 0. The number of ether oxygens (including phenoxy) is 3. The molecule has 0 aromatic heterocycles. The van der Waals surface area contributed by atoms with Crippen molar-refractivity contribution in [2.75, 3.05) is 13.2 Å². The van der Waals surface area contributed by atoms with Crippen LogP contribution in [-0.4, -0.2) is 25.8 Å². The molecular formula is C6H6O5. The van der Waals surface area contributed by atoms with Crippen molar-refractivity contribution < 1.29 is 23.8 Å². The first kappa shape index (κ1) is 7.59. The van der Waals surface area contributed by atoms with Gasteiger partial charge in [0, 0.05) is 0 Å². The highest BCUT2D eigenvalue weighted by atomic mass is 16.8. The van der Waals surface area contributed by atoms with Crippen molar-refractivity contribution in [2.45, 2.75) is 0 Å². The molecule has 1 fully saturated rings. The van der Waals surface area contributed by atoms with Crippen molar-refractivity contribution >= 4 is 12.6 Å². The maximum Gasteiger partial charge on any atom is 0.514 e. The standard InChI is InChI=1S/C6H6O5/c7-4-9-2-1-5-3-10-6(8)11-5/h1,4H,2-3H2/b5-1-. The molecule has 0 aliphatic carbocycles. The monoisotopic (exact) mass is 158 g/mol. The lowest BCUT2D eigenvalue weighted by molar-refractivity contribution is -0.127. The Balaban J connectivity index is 2.30. The molecule has 1 aliphatic rings. The Labute approximate surface area is 62.5 Å². The lowest BCUT2D eigenvalue weighted by Crippen LogP contribution is -1.91. The summed E-state index contributed by atoms with van der Waals surface area (Å²) in [6, 6.07) is 0. The number of carbonyl (C=O) groups is 2. The Kier molecular flexibility index (Phi) is 2.48. The average Bonchev–Trinajstić information content (AvgIpc) is 2.37. The maximum atomic E-state index is 10.3. The molecule has 0 N–H and O–H groups in total. The smallest absolute Gasteiger partial charge is 0.464 e. The fourth-order valence-corrected chi connectivity index (χ4v) is 0.577. The summed E-state index contributed by atoms with van der Waals surface area (Å²) in [5, 5.41) is 0. The van der Waals surface area contributed by atoms with E-state index in [4.69, 9.17) is 0 Å². The number of hydrogen-bond acceptors (Lipinski definition) is 5. The minimum atomic E-state index is -0.720. The molecule has 0 unspecified atom stereocenters. The molecule has 0 aromatic rings. The van der Waals surface area contributed by atoms with Gasteiger partial charge in [0.25, 0.3) is 6.47 Å². The largest absolute Gasteiger partial charge is 0.514 e. The van der Waals surface area contributed by atoms with Gasteiger partial charge in [0.2, 0.25) is 0 Å². The van der Waals surface area contributed by atoms with Crippen LogP contribution in [0.25, 0.3) is 0 Å². The number of cyclic esters (lactones) is 2. The van der Waals surface area contributed by atoms with Crippen molar-refractivity contribution in [3.63, 3.8) is 0 Å². The lowest BCUT2D eigenvalue weighted by atomic mass is 10.5. The van der Waals surface area contributed by atoms with Crippen LogP contribution in [-0.2, 0) is 19.0 Å². The second kappa shape index (κ2) is 3.60. The zero-order valence-electron chi connectivity index (χ0n) is 5.61. The highest BCUT2D eigenvalue weighted by molar-refractivity contribution is 5.64. The van der Waals surface area contributed by atoms with Gasteiger partial charge in [-0.15, -0.1) is 0 Å². The third-order valence-corrected chi connectivity index (χ3v) is 1.02. The minimum Gasteiger partial charge on any atom is -0.464 e. The van der Waals surface area contributed by atoms with Crippen LogP contribution in [0.1, 0.15) is 0 Å². The maximum absolute atomic E-state index is 10.3. The van der Waals surface area contributed by atoms with Gasteiger partial charge in [-0.1, -0.05) is 0 Å². The molecule has 60 valence electrons. The van der Waals surface area contributed by atoms with Crippen molar-refractivity contribution in [3.05, 3.63) is 11.8 Å². The van der Waals surface area contributed by atoms with Gasteiger partial charge in [0.05, 0.1) is 0 Å². The topological polar surface area (TPSA) is 61.8 Å². The van der Waals surface area contributed by atoms with Crippen molar-refractivity contribution in [1.82, 2.24) is 0 Å². The Morgan fingerprint density at radius 3 is 3.00 bits per heavy atom. The summed E-state index contributed by atoms with van der Waals surface area (Å²) in [7, 11) is 0. The van der Waals surface area contributed by atoms with E-state index in [2.05, 4.69) is 14.2 Å². The predicted molar refractivity (Wildman–Crippen MR) is 32.5 cm³/mol. The first-order valence-corrected chi connectivity index (χ1v) is 2.92. The lowest BCUT2D eigenvalue weighted by Gasteiger charge is -1.91. The molecule has 1 saturated heterocycles. The highest BCUT2D eigenvalue weighted by Crippen LogP contribution is 2.08. The molecular weight excluding hydrogens is 152 g/mol. The number of rotatable bonds is 3. The second-order valence-corrected chi connectivity index (χ2v) is 1.74. The van der Waals surface area contributed by atoms with E-state index in [0.717, 1.165) is 0 Å². The SMILES string of the molecule is O=COC/C=C1/COC(=O)O1. The summed E-state index contributed by atoms with van der Waals surface area (Å²) >= 11 is 0. The van der Waals surface area contributed by atoms with Gasteiger partial charge in [0.15, 0.2) is 6.61 Å². The van der Waals surface area contributed by atoms with Crippen LogP contribution in [0, 0.1) is 0 Å². The molecule has 0 spiro atoms. The Bertz CT molecular complexity index is 195. The summed E-state index contributed by atoms with van der Waals surface area (Å²) in [5.74, 6) is 0.372. The van der Waals surface area contributed by atoms with E-state index in [0.29, 0.717) is 12.2 Å². The Morgan fingerprint density at radius 2 is 2.45 bits per heavy atom. The third-order valence-electron chi connectivity index (χ3n) is 1.02. The zero-order valence-corrected chi connectivity index (χ0v) is 5.61. The second-order valence-electron chi connectivity index (χ2n) is 1.74. The summed E-state index contributed by atoms with van der Waals surface area (Å²) in [6.45, 7) is 0.519. The molecule has 1 aliphatic heterocycles. The van der Waals surface area contributed by atoms with Crippen LogP contribution in [0.4, 0.5) is 4.79 Å². The van der Waals surface area contributed by atoms with E-state index < -0.39 is 6.16 Å². The molecule has 5 nitrogen and oxygen atoms in total. The molecule has 11 heavy (non-hydrogen) atoms. The van der Waals surface area contributed by atoms with E-state index in [1.165, 1.54) is 6.08 Å². The zero-order chi connectivity index (χ0) is 8.10. The van der Waals surface area contributed by atoms with E-state index in [1.54, 1.807) is 0 Å². The van der Waals surface area contributed by atoms with Crippen LogP contribution in [0.15, 0.2) is 11.8 Å². The fraction of sp³-hybridized carbons (Fsp3) is 0.333. The van der Waals surface area contributed by atoms with Gasteiger partial charge in [-0.2, -0.15) is 0 Å². The summed E-state index contributed by atoms with van der Waals surface area (Å²) in [6.07, 6.45) is 0.738. The van der Waals surface area contributed by atoms with E-state index in [9.17, 15) is 9.59 Å². The van der Waals surface area contributed by atoms with Crippen LogP contribution >= 0.6 is 0 Å². The number of carbonyl (C=O) groups excluding carboxylic acids is 2. The van der Waals surface area contributed by atoms with E-state index in [-0.39, 0.29) is 13.2 Å². The van der Waals surface area contributed by atoms with Crippen LogP contribution < -0.4 is 0 Å². The molecule has 0 bridgehead atoms. The van der Waals surface area contributed by atoms with Gasteiger partial charge in [0.1, 0.15) is 12.4 Å². The quantitative estimate of drug-likeness (QED) is 0.334. The molecule has 5 heteroatoms. The average molecular weight is 158 g/mol. The first-order chi connectivity index (χ1) is 5.33. The van der Waals surface area contributed by atoms with Gasteiger partial charge >= 0.3 is 6.16 Å². The van der Waals surface area contributed by atoms with Gasteiger partial charge in [-0.3, -0.25) is 4.79 Å². The van der Waals surface area contributed by atoms with Gasteiger partial charge in [-0.05, 0) is 6.08 Å². The highest BCUT2D eigenvalue weighted by Gasteiger charge is 2.17. The summed E-state index contributed by atoms with van der Waals surface area (Å²) in [4.78, 5) is 19.9. The molecule has 1 heterocycles. The van der Waals surface area contributed by atoms with Gasteiger partial charge in [-0.25, -0.2) is 4.79 Å². The van der Waals surface area contributed by atoms with E-state index in [1.807, 2.05) is 0 Å². The van der Waals surface area contributed by atoms with Crippen molar-refractivity contribution in [1.29, 1.82) is 0 Å². The molecule has 0 atom stereocenters. The Hall–Kier alpha value is -1.52. The fourth-order valence-electron chi connectivity index (χ4n) is 0.577. The molecule has 0 radical (unpaired) electrons.